The zero-order chi connectivity index (χ0) is 51.8. The van der Waals surface area contributed by atoms with Gasteiger partial charge < -0.3 is 38.1 Å². The van der Waals surface area contributed by atoms with Crippen LogP contribution in [-0.2, 0) is 40.5 Å². The van der Waals surface area contributed by atoms with Gasteiger partial charge in [-0.05, 0) is 104 Å². The number of hydrogen-bond donors (Lipinski definition) is 2. The summed E-state index contributed by atoms with van der Waals surface area (Å²) in [6.45, 7) is 8.52. The molecular formula is C53H55N9O12. The van der Waals surface area contributed by atoms with Crippen LogP contribution in [0.5, 0.6) is 0 Å². The normalized spacial score (nSPS) is 13.5. The zero-order valence-electron chi connectivity index (χ0n) is 40.9. The second-order valence-electron chi connectivity index (χ2n) is 17.1. The molecule has 21 nitrogen and oxygen atoms in total. The fraction of sp³-hybridized carbons (Fsp3) is 0.302. The first-order valence-corrected chi connectivity index (χ1v) is 24.1. The summed E-state index contributed by atoms with van der Waals surface area (Å²) in [6.07, 6.45) is 3.97. The maximum Gasteiger partial charge on any atom is 0.407 e. The third-order valence-corrected chi connectivity index (χ3v) is 11.8. The number of benzene rings is 1. The first kappa shape index (κ1) is 51.8. The standard InChI is InChI=1S/C53H55N9O12/c1-3-69-51(64)45-30-38(48-9-6-24-72-48)27-41(57-45)33-60-19-17-59(18-20-61(22-21-60)34-42-28-39(49-10-7-25-73-49)31-46(58-42)52(65)70-4-2)32-40-26-37(47-8-5-23-71-47)29-44(56-40)50(63)54-15-16-55-53(66)74-35-36-11-13-43(14-12-36)62(67)68/h5-14,23-31H,3-4,15-22,32-35H2,1-2H3,(H,54,63)(H,55,66). The van der Waals surface area contributed by atoms with Gasteiger partial charge in [-0.1, -0.05) is 0 Å². The van der Waals surface area contributed by atoms with Crippen molar-refractivity contribution in [2.45, 2.75) is 40.1 Å². The van der Waals surface area contributed by atoms with E-state index in [4.69, 9.17) is 42.4 Å². The Balaban J connectivity index is 1.01. The van der Waals surface area contributed by atoms with E-state index in [9.17, 15) is 29.3 Å². The molecule has 8 rings (SSSR count). The molecule has 21 heteroatoms. The van der Waals surface area contributed by atoms with Crippen LogP contribution in [0.25, 0.3) is 34.0 Å². The number of non-ortho nitro benzene ring substituents is 1. The van der Waals surface area contributed by atoms with Crippen LogP contribution < -0.4 is 10.6 Å². The van der Waals surface area contributed by atoms with E-state index < -0.39 is 28.9 Å². The predicted molar refractivity (Wildman–Crippen MR) is 267 cm³/mol. The number of carbonyl (C=O) groups is 4. The average Bonchev–Trinajstić information content (AvgIpc) is 4.25. The molecule has 1 aromatic carbocycles. The average molecular weight is 1010 g/mol. The molecule has 0 unspecified atom stereocenters. The fourth-order valence-corrected chi connectivity index (χ4v) is 8.19. The van der Waals surface area contributed by atoms with Crippen molar-refractivity contribution in [1.29, 1.82) is 0 Å². The molecule has 0 bridgehead atoms. The number of nitro groups is 1. The summed E-state index contributed by atoms with van der Waals surface area (Å²) in [6, 6.07) is 27.1. The van der Waals surface area contributed by atoms with Crippen LogP contribution in [0.15, 0.2) is 129 Å². The van der Waals surface area contributed by atoms with E-state index in [0.29, 0.717) is 116 Å². The van der Waals surface area contributed by atoms with Gasteiger partial charge >= 0.3 is 18.0 Å². The lowest BCUT2D eigenvalue weighted by Gasteiger charge is -2.26. The summed E-state index contributed by atoms with van der Waals surface area (Å²) in [5.74, 6) is 0.158. The van der Waals surface area contributed by atoms with Crippen molar-refractivity contribution >= 4 is 29.6 Å². The van der Waals surface area contributed by atoms with Crippen LogP contribution in [0.4, 0.5) is 10.5 Å². The maximum atomic E-state index is 13.7. The molecule has 2 N–H and O–H groups in total. The topological polar surface area (TPSA) is 251 Å². The Morgan fingerprint density at radius 2 is 0.973 bits per heavy atom. The number of alkyl carbamates (subject to hydrolysis) is 1. The number of carbonyl (C=O) groups excluding carboxylic acids is 4. The van der Waals surface area contributed by atoms with Gasteiger partial charge in [0.25, 0.3) is 11.6 Å². The number of hydrogen-bond acceptors (Lipinski definition) is 18. The van der Waals surface area contributed by atoms with Gasteiger partial charge in [-0.2, -0.15) is 0 Å². The molecule has 0 aliphatic carbocycles. The van der Waals surface area contributed by atoms with Crippen molar-refractivity contribution in [3.05, 3.63) is 166 Å². The lowest BCUT2D eigenvalue weighted by atomic mass is 10.1. The van der Waals surface area contributed by atoms with Crippen LogP contribution >= 0.6 is 0 Å². The van der Waals surface area contributed by atoms with Crippen LogP contribution in [0.1, 0.15) is 68.0 Å². The van der Waals surface area contributed by atoms with E-state index in [0.717, 1.165) is 0 Å². The molecule has 6 aromatic heterocycles. The van der Waals surface area contributed by atoms with Gasteiger partial charge in [0.2, 0.25) is 0 Å². The summed E-state index contributed by atoms with van der Waals surface area (Å²) in [5, 5.41) is 16.4. The lowest BCUT2D eigenvalue weighted by molar-refractivity contribution is -0.384. The van der Waals surface area contributed by atoms with Crippen LogP contribution in [0.3, 0.4) is 0 Å². The smallest absolute Gasteiger partial charge is 0.407 e. The quantitative estimate of drug-likeness (QED) is 0.0248. The number of nitrogens with one attached hydrogen (secondary N) is 2. The molecule has 74 heavy (non-hydrogen) atoms. The predicted octanol–water partition coefficient (Wildman–Crippen LogP) is 7.39. The van der Waals surface area contributed by atoms with E-state index in [1.165, 1.54) is 24.3 Å². The molecule has 0 saturated carbocycles. The van der Waals surface area contributed by atoms with Gasteiger partial charge in [0.1, 0.15) is 41.0 Å². The molecule has 384 valence electrons. The summed E-state index contributed by atoms with van der Waals surface area (Å²) in [4.78, 5) is 83.8. The van der Waals surface area contributed by atoms with Crippen molar-refractivity contribution in [1.82, 2.24) is 40.3 Å². The first-order valence-electron chi connectivity index (χ1n) is 24.1. The lowest BCUT2D eigenvalue weighted by Crippen LogP contribution is -2.36. The summed E-state index contributed by atoms with van der Waals surface area (Å²) < 4.78 is 33.1. The molecule has 0 radical (unpaired) electrons. The SMILES string of the molecule is CCOC(=O)c1cc(-c2ccco2)cc(CN2CCN(Cc3cc(-c4ccco4)cc(C(=O)NCCNC(=O)OCc4ccc([N+](=O)[O-])cc4)n3)CCN(Cc3cc(-c4ccco4)cc(C(=O)OCC)n3)CC2)n1. The first-order chi connectivity index (χ1) is 36.0. The molecule has 0 atom stereocenters. The Bertz CT molecular complexity index is 2890. The molecule has 7 heterocycles. The minimum absolute atomic E-state index is 0.0515. The Labute approximate surface area is 425 Å². The van der Waals surface area contributed by atoms with Gasteiger partial charge in [0, 0.05) is 101 Å². The van der Waals surface area contributed by atoms with Gasteiger partial charge in [-0.25, -0.2) is 29.3 Å². The number of ether oxygens (including phenoxy) is 3. The minimum Gasteiger partial charge on any atom is -0.464 e. The van der Waals surface area contributed by atoms with Crippen LogP contribution in [0, 0.1) is 10.1 Å². The van der Waals surface area contributed by atoms with Crippen molar-refractivity contribution in [3.63, 3.8) is 0 Å². The van der Waals surface area contributed by atoms with Crippen molar-refractivity contribution < 1.29 is 51.6 Å². The molecule has 1 saturated heterocycles. The van der Waals surface area contributed by atoms with Gasteiger partial charge in [-0.3, -0.25) is 29.6 Å². The third kappa shape index (κ3) is 14.3. The van der Waals surface area contributed by atoms with Gasteiger partial charge in [0.15, 0.2) is 0 Å². The highest BCUT2D eigenvalue weighted by atomic mass is 16.6. The van der Waals surface area contributed by atoms with Crippen molar-refractivity contribution in [2.24, 2.45) is 0 Å². The van der Waals surface area contributed by atoms with E-state index in [1.807, 2.05) is 30.3 Å². The second kappa shape index (κ2) is 25.2. The van der Waals surface area contributed by atoms with Gasteiger partial charge in [0.05, 0.1) is 54.0 Å². The number of pyridine rings is 3. The van der Waals surface area contributed by atoms with E-state index in [-0.39, 0.29) is 55.7 Å². The molecule has 1 aliphatic heterocycles. The molecule has 1 aliphatic rings. The van der Waals surface area contributed by atoms with E-state index in [2.05, 4.69) is 25.3 Å². The number of rotatable bonds is 20. The maximum absolute atomic E-state index is 13.7. The highest BCUT2D eigenvalue weighted by molar-refractivity contribution is 5.93. The summed E-state index contributed by atoms with van der Waals surface area (Å²) in [7, 11) is 0. The minimum atomic E-state index is -0.723. The van der Waals surface area contributed by atoms with Crippen LogP contribution in [0.2, 0.25) is 0 Å². The Hall–Kier alpha value is -8.53. The molecule has 0 spiro atoms. The molecule has 1 fully saturated rings. The highest BCUT2D eigenvalue weighted by Crippen LogP contribution is 2.26. The van der Waals surface area contributed by atoms with Crippen molar-refractivity contribution in [3.8, 4) is 34.0 Å². The Morgan fingerprint density at radius 3 is 1.36 bits per heavy atom. The Morgan fingerprint density at radius 1 is 0.568 bits per heavy atom. The second-order valence-corrected chi connectivity index (χ2v) is 17.1. The number of aromatic nitrogens is 3. The number of furan rings is 3. The molecule has 2 amide bonds. The van der Waals surface area contributed by atoms with Crippen LogP contribution in [-0.4, -0.2) is 124 Å². The van der Waals surface area contributed by atoms with Gasteiger partial charge in [-0.15, -0.1) is 0 Å². The van der Waals surface area contributed by atoms with E-state index in [1.54, 1.807) is 75.1 Å². The number of nitrogens with zero attached hydrogens (tertiary/aromatic N) is 7. The number of esters is 2. The third-order valence-electron chi connectivity index (χ3n) is 11.8. The highest BCUT2D eigenvalue weighted by Gasteiger charge is 2.23. The molecule has 7 aromatic rings. The Kier molecular flexibility index (Phi) is 17.7. The molecular weight excluding hydrogens is 955 g/mol. The number of amides is 2. The van der Waals surface area contributed by atoms with Crippen molar-refractivity contribution in [2.75, 3.05) is 65.6 Å². The summed E-state index contributed by atoms with van der Waals surface area (Å²) in [5.41, 5.74) is 4.89. The zero-order valence-corrected chi connectivity index (χ0v) is 40.9. The fourth-order valence-electron chi connectivity index (χ4n) is 8.19. The largest absolute Gasteiger partial charge is 0.464 e. The summed E-state index contributed by atoms with van der Waals surface area (Å²) >= 11 is 0. The number of nitro benzene ring substituents is 1. The van der Waals surface area contributed by atoms with E-state index >= 15 is 0 Å². The monoisotopic (exact) mass is 1010 g/mol.